The third-order valence-electron chi connectivity index (χ3n) is 4.17. The molecule has 0 aliphatic carbocycles. The molecular formula is C15H18N2O4. The quantitative estimate of drug-likeness (QED) is 0.857. The summed E-state index contributed by atoms with van der Waals surface area (Å²) in [5.41, 5.74) is 1.59. The fourth-order valence-electron chi connectivity index (χ4n) is 2.88. The predicted molar refractivity (Wildman–Crippen MR) is 75.6 cm³/mol. The average molecular weight is 290 g/mol. The van der Waals surface area contributed by atoms with Gasteiger partial charge in [-0.25, -0.2) is 0 Å². The minimum atomic E-state index is -0.899. The molecule has 2 aliphatic rings. The van der Waals surface area contributed by atoms with Crippen molar-refractivity contribution in [3.63, 3.8) is 0 Å². The zero-order chi connectivity index (χ0) is 15.0. The Morgan fingerprint density at radius 1 is 1.33 bits per heavy atom. The van der Waals surface area contributed by atoms with Crippen LogP contribution in [0, 0.1) is 0 Å². The molecule has 112 valence electrons. The second-order valence-electron chi connectivity index (χ2n) is 5.48. The molecule has 1 fully saturated rings. The molecule has 0 spiro atoms. The van der Waals surface area contributed by atoms with Crippen molar-refractivity contribution in [1.82, 2.24) is 9.80 Å². The highest BCUT2D eigenvalue weighted by Gasteiger charge is 2.33. The first-order valence-electron chi connectivity index (χ1n) is 7.05. The van der Waals surface area contributed by atoms with Crippen LogP contribution in [-0.2, 0) is 11.2 Å². The maximum absolute atomic E-state index is 12.7. The van der Waals surface area contributed by atoms with Gasteiger partial charge < -0.3 is 14.7 Å². The standard InChI is InChI=1S/C15H18N2O4/c1-16-6-7-17(9-12(16)15(19)20)14(18)11-4-2-3-10-5-8-21-13(10)11/h2-4,12H,5-9H2,1H3,(H,19,20)/t12-/m0/s1. The number of piperazine rings is 1. The number of fused-ring (bicyclic) bond motifs is 1. The van der Waals surface area contributed by atoms with Gasteiger partial charge in [-0.15, -0.1) is 0 Å². The van der Waals surface area contributed by atoms with E-state index < -0.39 is 12.0 Å². The summed E-state index contributed by atoms with van der Waals surface area (Å²) in [6.45, 7) is 1.88. The Morgan fingerprint density at radius 3 is 2.90 bits per heavy atom. The van der Waals surface area contributed by atoms with Crippen molar-refractivity contribution in [3.05, 3.63) is 29.3 Å². The zero-order valence-electron chi connectivity index (χ0n) is 11.9. The van der Waals surface area contributed by atoms with Crippen LogP contribution < -0.4 is 4.74 Å². The first kappa shape index (κ1) is 13.9. The first-order chi connectivity index (χ1) is 10.1. The molecule has 1 aromatic carbocycles. The lowest BCUT2D eigenvalue weighted by atomic mass is 10.1. The van der Waals surface area contributed by atoms with E-state index in [0.717, 1.165) is 12.0 Å². The van der Waals surface area contributed by atoms with Gasteiger partial charge in [0.15, 0.2) is 0 Å². The van der Waals surface area contributed by atoms with Crippen molar-refractivity contribution in [1.29, 1.82) is 0 Å². The molecule has 1 atom stereocenters. The summed E-state index contributed by atoms with van der Waals surface area (Å²) < 4.78 is 5.56. The van der Waals surface area contributed by atoms with Gasteiger partial charge in [-0.2, -0.15) is 0 Å². The Labute approximate surface area is 122 Å². The average Bonchev–Trinajstić information content (AvgIpc) is 2.95. The molecule has 6 nitrogen and oxygen atoms in total. The summed E-state index contributed by atoms with van der Waals surface area (Å²) in [6.07, 6.45) is 0.816. The maximum Gasteiger partial charge on any atom is 0.322 e. The molecule has 3 rings (SSSR count). The number of amides is 1. The number of benzene rings is 1. The molecule has 0 radical (unpaired) electrons. The van der Waals surface area contributed by atoms with Gasteiger partial charge in [0.05, 0.1) is 12.2 Å². The molecule has 0 aromatic heterocycles. The van der Waals surface area contributed by atoms with Gasteiger partial charge in [-0.3, -0.25) is 14.5 Å². The topological polar surface area (TPSA) is 70.1 Å². The molecule has 0 unspecified atom stereocenters. The lowest BCUT2D eigenvalue weighted by Crippen LogP contribution is -2.56. The van der Waals surface area contributed by atoms with Crippen LogP contribution in [0.2, 0.25) is 0 Å². The molecule has 1 aromatic rings. The number of nitrogens with zero attached hydrogens (tertiary/aromatic N) is 2. The molecule has 2 aliphatic heterocycles. The number of ether oxygens (including phenoxy) is 1. The normalized spacial score (nSPS) is 21.8. The van der Waals surface area contributed by atoms with Gasteiger partial charge in [0, 0.05) is 26.1 Å². The van der Waals surface area contributed by atoms with E-state index in [1.807, 2.05) is 12.1 Å². The highest BCUT2D eigenvalue weighted by atomic mass is 16.5. The van der Waals surface area contributed by atoms with Crippen LogP contribution >= 0.6 is 0 Å². The van der Waals surface area contributed by atoms with Crippen LogP contribution in [0.4, 0.5) is 0 Å². The second kappa shape index (κ2) is 5.37. The summed E-state index contributed by atoms with van der Waals surface area (Å²) in [4.78, 5) is 27.3. The smallest absolute Gasteiger partial charge is 0.322 e. The summed E-state index contributed by atoms with van der Waals surface area (Å²) >= 11 is 0. The molecule has 0 saturated carbocycles. The summed E-state index contributed by atoms with van der Waals surface area (Å²) in [5, 5.41) is 9.23. The number of para-hydroxylation sites is 1. The number of rotatable bonds is 2. The van der Waals surface area contributed by atoms with Gasteiger partial charge in [0.25, 0.3) is 5.91 Å². The van der Waals surface area contributed by atoms with E-state index >= 15 is 0 Å². The van der Waals surface area contributed by atoms with Crippen molar-refractivity contribution >= 4 is 11.9 Å². The van der Waals surface area contributed by atoms with Crippen LogP contribution in [-0.4, -0.2) is 66.1 Å². The van der Waals surface area contributed by atoms with Crippen molar-refractivity contribution in [2.75, 3.05) is 33.3 Å². The molecule has 1 amide bonds. The fourth-order valence-corrected chi connectivity index (χ4v) is 2.88. The lowest BCUT2D eigenvalue weighted by molar-refractivity contribution is -0.144. The molecular weight excluding hydrogens is 272 g/mol. The van der Waals surface area contributed by atoms with Gasteiger partial charge in [-0.1, -0.05) is 12.1 Å². The first-order valence-corrected chi connectivity index (χ1v) is 7.05. The Hall–Kier alpha value is -2.08. The third-order valence-corrected chi connectivity index (χ3v) is 4.17. The third kappa shape index (κ3) is 2.47. The number of carbonyl (C=O) groups excluding carboxylic acids is 1. The van der Waals surface area contributed by atoms with Crippen molar-refractivity contribution in [3.8, 4) is 5.75 Å². The van der Waals surface area contributed by atoms with Crippen molar-refractivity contribution in [2.24, 2.45) is 0 Å². The number of carboxylic acid groups (broad SMARTS) is 1. The van der Waals surface area contributed by atoms with Crippen LogP contribution in [0.5, 0.6) is 5.75 Å². The molecule has 0 bridgehead atoms. The minimum Gasteiger partial charge on any atom is -0.492 e. The Balaban J connectivity index is 1.83. The molecule has 2 heterocycles. The molecule has 1 saturated heterocycles. The Bertz CT molecular complexity index is 587. The van der Waals surface area contributed by atoms with E-state index in [4.69, 9.17) is 4.74 Å². The summed E-state index contributed by atoms with van der Waals surface area (Å²) in [5.74, 6) is -0.383. The van der Waals surface area contributed by atoms with Gasteiger partial charge >= 0.3 is 5.97 Å². The van der Waals surface area contributed by atoms with Crippen molar-refractivity contribution in [2.45, 2.75) is 12.5 Å². The summed E-state index contributed by atoms with van der Waals surface area (Å²) in [7, 11) is 1.77. The van der Waals surface area contributed by atoms with Crippen LogP contribution in [0.3, 0.4) is 0 Å². The minimum absolute atomic E-state index is 0.145. The number of aliphatic carboxylic acids is 1. The van der Waals surface area contributed by atoms with Gasteiger partial charge in [0.1, 0.15) is 11.8 Å². The number of likely N-dealkylation sites (N-methyl/N-ethyl adjacent to an activating group) is 1. The van der Waals surface area contributed by atoms with Crippen LogP contribution in [0.25, 0.3) is 0 Å². The molecule has 1 N–H and O–H groups in total. The Kier molecular flexibility index (Phi) is 3.55. The molecule has 21 heavy (non-hydrogen) atoms. The SMILES string of the molecule is CN1CCN(C(=O)c2cccc3c2OCC3)C[C@H]1C(=O)O. The second-order valence-corrected chi connectivity index (χ2v) is 5.48. The van der Waals surface area contributed by atoms with E-state index in [9.17, 15) is 14.7 Å². The highest BCUT2D eigenvalue weighted by molar-refractivity contribution is 5.98. The largest absolute Gasteiger partial charge is 0.492 e. The fraction of sp³-hybridized carbons (Fsp3) is 0.467. The van der Waals surface area contributed by atoms with E-state index in [1.165, 1.54) is 0 Å². The highest BCUT2D eigenvalue weighted by Crippen LogP contribution is 2.30. The van der Waals surface area contributed by atoms with E-state index in [-0.39, 0.29) is 12.5 Å². The van der Waals surface area contributed by atoms with E-state index in [0.29, 0.717) is 31.0 Å². The predicted octanol–water partition coefficient (Wildman–Crippen LogP) is 0.462. The van der Waals surface area contributed by atoms with Crippen LogP contribution in [0.15, 0.2) is 18.2 Å². The van der Waals surface area contributed by atoms with Gasteiger partial charge in [-0.05, 0) is 18.7 Å². The van der Waals surface area contributed by atoms with Crippen molar-refractivity contribution < 1.29 is 19.4 Å². The monoisotopic (exact) mass is 290 g/mol. The maximum atomic E-state index is 12.7. The number of carboxylic acids is 1. The van der Waals surface area contributed by atoms with Crippen LogP contribution in [0.1, 0.15) is 15.9 Å². The number of carbonyl (C=O) groups is 2. The summed E-state index contributed by atoms with van der Waals surface area (Å²) in [6, 6.07) is 4.91. The van der Waals surface area contributed by atoms with E-state index in [1.54, 1.807) is 22.9 Å². The zero-order valence-corrected chi connectivity index (χ0v) is 11.9. The van der Waals surface area contributed by atoms with E-state index in [2.05, 4.69) is 0 Å². The lowest BCUT2D eigenvalue weighted by Gasteiger charge is -2.37. The van der Waals surface area contributed by atoms with Gasteiger partial charge in [0.2, 0.25) is 0 Å². The Morgan fingerprint density at radius 2 is 2.14 bits per heavy atom. The number of hydrogen-bond donors (Lipinski definition) is 1. The number of hydrogen-bond acceptors (Lipinski definition) is 4. The molecule has 6 heteroatoms.